The molecule has 5 amide bonds. The third-order valence-corrected chi connectivity index (χ3v) is 6.81. The average Bonchev–Trinajstić information content (AvgIpc) is 2.81. The van der Waals surface area contributed by atoms with Crippen molar-refractivity contribution in [3.63, 3.8) is 0 Å². The molecule has 1 saturated carbocycles. The highest BCUT2D eigenvalue weighted by Gasteiger charge is 2.43. The van der Waals surface area contributed by atoms with Crippen molar-refractivity contribution in [1.29, 1.82) is 0 Å². The summed E-state index contributed by atoms with van der Waals surface area (Å²) in [6, 6.07) is -0.422. The lowest BCUT2D eigenvalue weighted by Crippen LogP contribution is -2.55. The smallest absolute Gasteiger partial charge is 0.327 e. The number of piperidine rings is 1. The summed E-state index contributed by atoms with van der Waals surface area (Å²) in [5, 5.41) is 0. The van der Waals surface area contributed by atoms with Crippen LogP contribution >= 0.6 is 0 Å². The van der Waals surface area contributed by atoms with Gasteiger partial charge in [-0.3, -0.25) is 19.3 Å². The molecule has 0 N–H and O–H groups in total. The standard InChI is InChI=1S/C20H30N4O5/c1-21-12-18(27)24(19(21)28)13-17(26)22-8-6-20(7-9-22)14-23(11-15-3-2-4-15)16(25)5-10-29-20/h15H,2-14H2,1H3. The van der Waals surface area contributed by atoms with Gasteiger partial charge in [-0.05, 0) is 31.6 Å². The largest absolute Gasteiger partial charge is 0.372 e. The van der Waals surface area contributed by atoms with E-state index in [1.54, 1.807) is 11.9 Å². The van der Waals surface area contributed by atoms with Crippen molar-refractivity contribution < 1.29 is 23.9 Å². The molecule has 0 radical (unpaired) electrons. The highest BCUT2D eigenvalue weighted by Crippen LogP contribution is 2.33. The second-order valence-electron chi connectivity index (χ2n) is 8.85. The van der Waals surface area contributed by atoms with Gasteiger partial charge >= 0.3 is 6.03 Å². The van der Waals surface area contributed by atoms with E-state index in [-0.39, 0.29) is 30.8 Å². The van der Waals surface area contributed by atoms with E-state index in [1.807, 2.05) is 4.90 Å². The van der Waals surface area contributed by atoms with Gasteiger partial charge in [0.1, 0.15) is 13.1 Å². The molecule has 160 valence electrons. The van der Waals surface area contributed by atoms with Crippen molar-refractivity contribution in [2.24, 2.45) is 5.92 Å². The number of rotatable bonds is 4. The lowest BCUT2D eigenvalue weighted by atomic mass is 9.84. The maximum atomic E-state index is 12.7. The van der Waals surface area contributed by atoms with Gasteiger partial charge in [0.2, 0.25) is 11.8 Å². The Morgan fingerprint density at radius 1 is 1.14 bits per heavy atom. The van der Waals surface area contributed by atoms with Crippen LogP contribution in [-0.2, 0) is 19.1 Å². The summed E-state index contributed by atoms with van der Waals surface area (Å²) in [7, 11) is 1.55. The molecule has 4 fully saturated rings. The van der Waals surface area contributed by atoms with E-state index in [0.29, 0.717) is 51.4 Å². The Morgan fingerprint density at radius 2 is 1.86 bits per heavy atom. The summed E-state index contributed by atoms with van der Waals surface area (Å²) in [6.07, 6.45) is 5.39. The van der Waals surface area contributed by atoms with Gasteiger partial charge in [0.15, 0.2) is 0 Å². The Kier molecular flexibility index (Phi) is 5.50. The van der Waals surface area contributed by atoms with Crippen LogP contribution in [-0.4, -0.2) is 102 Å². The predicted octanol–water partition coefficient (Wildman–Crippen LogP) is 0.291. The molecule has 29 heavy (non-hydrogen) atoms. The number of imide groups is 1. The summed E-state index contributed by atoms with van der Waals surface area (Å²) >= 11 is 0. The molecule has 0 aromatic carbocycles. The van der Waals surface area contributed by atoms with Crippen LogP contribution in [0.2, 0.25) is 0 Å². The van der Waals surface area contributed by atoms with E-state index in [2.05, 4.69) is 0 Å². The van der Waals surface area contributed by atoms with Crippen LogP contribution in [0.1, 0.15) is 38.5 Å². The van der Waals surface area contributed by atoms with Crippen LogP contribution in [0.15, 0.2) is 0 Å². The fraction of sp³-hybridized carbons (Fsp3) is 0.800. The van der Waals surface area contributed by atoms with Gasteiger partial charge in [-0.15, -0.1) is 0 Å². The maximum Gasteiger partial charge on any atom is 0.327 e. The first kappa shape index (κ1) is 20.1. The van der Waals surface area contributed by atoms with E-state index in [9.17, 15) is 19.2 Å². The quantitative estimate of drug-likeness (QED) is 0.626. The van der Waals surface area contributed by atoms with Gasteiger partial charge < -0.3 is 19.4 Å². The normalized spacial score (nSPS) is 25.6. The zero-order valence-corrected chi connectivity index (χ0v) is 17.1. The minimum absolute atomic E-state index is 0.0217. The SMILES string of the molecule is CN1CC(=O)N(CC(=O)N2CCC3(CC2)CN(CC2CCC2)C(=O)CCO3)C1=O. The molecular weight excluding hydrogens is 376 g/mol. The fourth-order valence-corrected chi connectivity index (χ4v) is 4.67. The molecule has 1 spiro atoms. The third-order valence-electron chi connectivity index (χ3n) is 6.81. The van der Waals surface area contributed by atoms with Crippen LogP contribution in [0.5, 0.6) is 0 Å². The fourth-order valence-electron chi connectivity index (χ4n) is 4.67. The second-order valence-corrected chi connectivity index (χ2v) is 8.85. The van der Waals surface area contributed by atoms with Gasteiger partial charge in [-0.1, -0.05) is 6.42 Å². The van der Waals surface area contributed by atoms with Gasteiger partial charge in [-0.25, -0.2) is 4.79 Å². The van der Waals surface area contributed by atoms with E-state index < -0.39 is 11.6 Å². The molecule has 3 heterocycles. The number of amides is 5. The molecule has 0 aromatic rings. The van der Waals surface area contributed by atoms with Crippen molar-refractivity contribution in [3.8, 4) is 0 Å². The van der Waals surface area contributed by atoms with Crippen LogP contribution in [0, 0.1) is 5.92 Å². The van der Waals surface area contributed by atoms with E-state index >= 15 is 0 Å². The van der Waals surface area contributed by atoms with Crippen molar-refractivity contribution in [2.45, 2.75) is 44.1 Å². The summed E-state index contributed by atoms with van der Waals surface area (Å²) in [5.41, 5.74) is -0.397. The van der Waals surface area contributed by atoms with Gasteiger partial charge in [0, 0.05) is 33.2 Å². The maximum absolute atomic E-state index is 12.7. The van der Waals surface area contributed by atoms with Crippen LogP contribution in [0.4, 0.5) is 4.79 Å². The molecule has 4 aliphatic rings. The lowest BCUT2D eigenvalue weighted by Gasteiger charge is -2.43. The van der Waals surface area contributed by atoms with E-state index in [4.69, 9.17) is 4.74 Å². The first-order valence-corrected chi connectivity index (χ1v) is 10.6. The number of nitrogens with zero attached hydrogens (tertiary/aromatic N) is 4. The highest BCUT2D eigenvalue weighted by molar-refractivity contribution is 6.04. The van der Waals surface area contributed by atoms with Gasteiger partial charge in [-0.2, -0.15) is 0 Å². The molecule has 0 bridgehead atoms. The third kappa shape index (κ3) is 4.10. The Labute approximate surface area is 170 Å². The number of carbonyl (C=O) groups is 4. The molecule has 3 aliphatic heterocycles. The minimum Gasteiger partial charge on any atom is -0.372 e. The molecule has 9 heteroatoms. The number of urea groups is 1. The Balaban J connectivity index is 1.33. The Hall–Kier alpha value is -2.16. The highest BCUT2D eigenvalue weighted by atomic mass is 16.5. The summed E-state index contributed by atoms with van der Waals surface area (Å²) in [6.45, 7) is 2.68. The Morgan fingerprint density at radius 3 is 2.45 bits per heavy atom. The molecule has 1 aliphatic carbocycles. The summed E-state index contributed by atoms with van der Waals surface area (Å²) in [4.78, 5) is 55.1. The van der Waals surface area contributed by atoms with Crippen molar-refractivity contribution in [3.05, 3.63) is 0 Å². The minimum atomic E-state index is -0.422. The molecule has 4 rings (SSSR count). The number of likely N-dealkylation sites (tertiary alicyclic amines) is 1. The van der Waals surface area contributed by atoms with Crippen LogP contribution < -0.4 is 0 Å². The zero-order chi connectivity index (χ0) is 20.6. The number of carbonyl (C=O) groups excluding carboxylic acids is 4. The monoisotopic (exact) mass is 406 g/mol. The first-order valence-electron chi connectivity index (χ1n) is 10.6. The van der Waals surface area contributed by atoms with E-state index in [1.165, 1.54) is 24.2 Å². The average molecular weight is 406 g/mol. The molecular formula is C20H30N4O5. The second kappa shape index (κ2) is 7.93. The molecule has 3 saturated heterocycles. The van der Waals surface area contributed by atoms with Crippen molar-refractivity contribution in [1.82, 2.24) is 19.6 Å². The predicted molar refractivity (Wildman–Crippen MR) is 103 cm³/mol. The van der Waals surface area contributed by atoms with Gasteiger partial charge in [0.05, 0.1) is 18.6 Å². The molecule has 9 nitrogen and oxygen atoms in total. The number of hydrogen-bond acceptors (Lipinski definition) is 5. The lowest BCUT2D eigenvalue weighted by molar-refractivity contribution is -0.143. The van der Waals surface area contributed by atoms with E-state index in [0.717, 1.165) is 11.4 Å². The first-order chi connectivity index (χ1) is 13.9. The van der Waals surface area contributed by atoms with Crippen LogP contribution in [0.25, 0.3) is 0 Å². The number of likely N-dealkylation sites (N-methyl/N-ethyl adjacent to an activating group) is 1. The van der Waals surface area contributed by atoms with Crippen LogP contribution in [0.3, 0.4) is 0 Å². The number of ether oxygens (including phenoxy) is 1. The zero-order valence-electron chi connectivity index (χ0n) is 17.1. The molecule has 0 atom stereocenters. The topological polar surface area (TPSA) is 90.5 Å². The molecule has 0 aromatic heterocycles. The number of hydrogen-bond donors (Lipinski definition) is 0. The van der Waals surface area contributed by atoms with Crippen molar-refractivity contribution >= 4 is 23.8 Å². The Bertz CT molecular complexity index is 699. The van der Waals surface area contributed by atoms with Crippen molar-refractivity contribution in [2.75, 3.05) is 52.9 Å². The van der Waals surface area contributed by atoms with Gasteiger partial charge in [0.25, 0.3) is 5.91 Å². The molecule has 0 unspecified atom stereocenters. The summed E-state index contributed by atoms with van der Waals surface area (Å²) < 4.78 is 6.15. The summed E-state index contributed by atoms with van der Waals surface area (Å²) in [5.74, 6) is 0.233.